The molecule has 7 nitrogen and oxygen atoms in total. The molecule has 4 rings (SSSR count). The molecule has 0 saturated carbocycles. The quantitative estimate of drug-likeness (QED) is 0.766. The van der Waals surface area contributed by atoms with Crippen LogP contribution in [0.2, 0.25) is 10.0 Å². The van der Waals surface area contributed by atoms with Crippen LogP contribution in [-0.2, 0) is 4.74 Å². The van der Waals surface area contributed by atoms with Crippen molar-refractivity contribution < 1.29 is 9.53 Å². The Bertz CT molecular complexity index is 960. The van der Waals surface area contributed by atoms with Gasteiger partial charge in [-0.2, -0.15) is 0 Å². The first-order chi connectivity index (χ1) is 13.8. The lowest BCUT2D eigenvalue weighted by Gasteiger charge is -2.40. The number of aryl methyl sites for hydroxylation is 1. The molecular weight excluding hydrogens is 413 g/mol. The third-order valence-corrected chi connectivity index (χ3v) is 6.87. The Balaban J connectivity index is 1.69. The molecule has 4 N–H and O–H groups in total. The lowest BCUT2D eigenvalue weighted by molar-refractivity contribution is 0.0996. The molecule has 0 radical (unpaired) electrons. The van der Waals surface area contributed by atoms with E-state index in [1.165, 1.54) is 0 Å². The number of nitrogens with two attached hydrogens (primary N) is 2. The highest BCUT2D eigenvalue weighted by molar-refractivity contribution is 6.43. The standard InChI is InChI=1S/C20H23Cl2N5O2/c1-11-15(12-3-2-4-13(21)16(12)22)17(18(24)28)26-19(25-11)27-7-5-20(6-8-27)10-29-9-14(20)23/h2-4,14H,5-10,23H2,1H3,(H2,24,28)/t14-/m1/s1. The summed E-state index contributed by atoms with van der Waals surface area (Å²) in [7, 11) is 0. The van der Waals surface area contributed by atoms with Crippen LogP contribution in [0.25, 0.3) is 11.1 Å². The predicted octanol–water partition coefficient (Wildman–Crippen LogP) is 2.80. The third-order valence-electron chi connectivity index (χ3n) is 6.05. The summed E-state index contributed by atoms with van der Waals surface area (Å²) in [4.78, 5) is 23.5. The minimum absolute atomic E-state index is 0.0202. The van der Waals surface area contributed by atoms with Crippen LogP contribution in [0, 0.1) is 12.3 Å². The van der Waals surface area contributed by atoms with Crippen molar-refractivity contribution in [1.82, 2.24) is 9.97 Å². The number of primary amides is 1. The summed E-state index contributed by atoms with van der Waals surface area (Å²) in [6, 6.07) is 5.28. The number of hydrogen-bond donors (Lipinski definition) is 2. The normalized spacial score (nSPS) is 21.0. The maximum atomic E-state index is 12.2. The number of carbonyl (C=O) groups excluding carboxylic acids is 1. The molecule has 2 aliphatic rings. The summed E-state index contributed by atoms with van der Waals surface area (Å²) in [5.41, 5.74) is 13.8. The van der Waals surface area contributed by atoms with Gasteiger partial charge >= 0.3 is 0 Å². The number of ether oxygens (including phenoxy) is 1. The Hall–Kier alpha value is -1.93. The first-order valence-corrected chi connectivity index (χ1v) is 10.3. The van der Waals surface area contributed by atoms with Gasteiger partial charge in [-0.3, -0.25) is 4.79 Å². The molecule has 1 aromatic heterocycles. The van der Waals surface area contributed by atoms with Crippen LogP contribution in [-0.4, -0.2) is 48.2 Å². The van der Waals surface area contributed by atoms with E-state index < -0.39 is 5.91 Å². The third kappa shape index (κ3) is 3.57. The van der Waals surface area contributed by atoms with Crippen molar-refractivity contribution in [2.24, 2.45) is 16.9 Å². The molecule has 2 saturated heterocycles. The smallest absolute Gasteiger partial charge is 0.268 e. The second-order valence-corrected chi connectivity index (χ2v) is 8.55. The van der Waals surface area contributed by atoms with Crippen LogP contribution in [0.3, 0.4) is 0 Å². The fraction of sp³-hybridized carbons (Fsp3) is 0.450. The zero-order chi connectivity index (χ0) is 20.8. The van der Waals surface area contributed by atoms with Gasteiger partial charge in [-0.1, -0.05) is 35.3 Å². The molecule has 1 amide bonds. The summed E-state index contributed by atoms with van der Waals surface area (Å²) in [5.74, 6) is -0.150. The molecule has 0 bridgehead atoms. The number of rotatable bonds is 3. The molecule has 154 valence electrons. The first kappa shape index (κ1) is 20.3. The van der Waals surface area contributed by atoms with Gasteiger partial charge in [-0.15, -0.1) is 0 Å². The highest BCUT2D eigenvalue weighted by Crippen LogP contribution is 2.40. The van der Waals surface area contributed by atoms with E-state index in [1.54, 1.807) is 18.2 Å². The fourth-order valence-corrected chi connectivity index (χ4v) is 4.63. The van der Waals surface area contributed by atoms with E-state index in [0.717, 1.165) is 25.9 Å². The Morgan fingerprint density at radius 1 is 1.28 bits per heavy atom. The molecule has 2 fully saturated rings. The van der Waals surface area contributed by atoms with E-state index >= 15 is 0 Å². The minimum Gasteiger partial charge on any atom is -0.379 e. The summed E-state index contributed by atoms with van der Waals surface area (Å²) >= 11 is 12.5. The molecule has 1 aromatic carbocycles. The zero-order valence-electron chi connectivity index (χ0n) is 16.1. The number of hydrogen-bond acceptors (Lipinski definition) is 6. The molecule has 3 heterocycles. The van der Waals surface area contributed by atoms with Crippen LogP contribution < -0.4 is 16.4 Å². The van der Waals surface area contributed by atoms with Gasteiger partial charge in [0.05, 0.1) is 29.0 Å². The number of piperidine rings is 1. The number of anilines is 1. The molecule has 0 unspecified atom stereocenters. The van der Waals surface area contributed by atoms with E-state index in [9.17, 15) is 4.79 Å². The molecule has 9 heteroatoms. The Morgan fingerprint density at radius 3 is 2.62 bits per heavy atom. The van der Waals surface area contributed by atoms with Gasteiger partial charge in [-0.05, 0) is 25.8 Å². The van der Waals surface area contributed by atoms with Crippen molar-refractivity contribution in [3.8, 4) is 11.1 Å². The number of carbonyl (C=O) groups is 1. The van der Waals surface area contributed by atoms with E-state index in [-0.39, 0.29) is 17.2 Å². The van der Waals surface area contributed by atoms with Crippen LogP contribution >= 0.6 is 23.2 Å². The van der Waals surface area contributed by atoms with Gasteiger partial charge in [0.25, 0.3) is 5.91 Å². The predicted molar refractivity (Wildman–Crippen MR) is 113 cm³/mol. The average Bonchev–Trinajstić information content (AvgIpc) is 3.04. The average molecular weight is 436 g/mol. The van der Waals surface area contributed by atoms with Crippen LogP contribution in [0.15, 0.2) is 18.2 Å². The van der Waals surface area contributed by atoms with Crippen LogP contribution in [0.5, 0.6) is 0 Å². The lowest BCUT2D eigenvalue weighted by Crippen LogP contribution is -2.49. The van der Waals surface area contributed by atoms with E-state index in [0.29, 0.717) is 46.0 Å². The van der Waals surface area contributed by atoms with Crippen molar-refractivity contribution in [2.45, 2.75) is 25.8 Å². The van der Waals surface area contributed by atoms with Gasteiger partial charge in [0.2, 0.25) is 5.95 Å². The molecule has 29 heavy (non-hydrogen) atoms. The lowest BCUT2D eigenvalue weighted by atomic mass is 9.75. The van der Waals surface area contributed by atoms with Crippen LogP contribution in [0.4, 0.5) is 5.95 Å². The summed E-state index contributed by atoms with van der Waals surface area (Å²) < 4.78 is 5.59. The van der Waals surface area contributed by atoms with Gasteiger partial charge in [-0.25, -0.2) is 9.97 Å². The molecular formula is C20H23Cl2N5O2. The number of aromatic nitrogens is 2. The summed E-state index contributed by atoms with van der Waals surface area (Å²) in [5, 5.41) is 0.728. The molecule has 1 spiro atoms. The number of nitrogens with zero attached hydrogens (tertiary/aromatic N) is 3. The molecule has 0 aliphatic carbocycles. The Kier molecular flexibility index (Phi) is 5.42. The fourth-order valence-electron chi connectivity index (χ4n) is 4.24. The number of benzene rings is 1. The second-order valence-electron chi connectivity index (χ2n) is 7.77. The monoisotopic (exact) mass is 435 g/mol. The Labute approximate surface area is 179 Å². The maximum Gasteiger partial charge on any atom is 0.268 e. The van der Waals surface area contributed by atoms with Gasteiger partial charge in [0.15, 0.2) is 0 Å². The molecule has 2 aliphatic heterocycles. The van der Waals surface area contributed by atoms with Crippen molar-refractivity contribution in [3.63, 3.8) is 0 Å². The second kappa shape index (κ2) is 7.72. The number of halogens is 2. The van der Waals surface area contributed by atoms with Crippen molar-refractivity contribution >= 4 is 35.1 Å². The first-order valence-electron chi connectivity index (χ1n) is 9.53. The summed E-state index contributed by atoms with van der Waals surface area (Å²) in [6.07, 6.45) is 1.79. The van der Waals surface area contributed by atoms with E-state index in [1.807, 2.05) is 6.92 Å². The van der Waals surface area contributed by atoms with Crippen molar-refractivity contribution in [3.05, 3.63) is 39.6 Å². The van der Waals surface area contributed by atoms with Crippen molar-refractivity contribution in [1.29, 1.82) is 0 Å². The maximum absolute atomic E-state index is 12.2. The van der Waals surface area contributed by atoms with Crippen molar-refractivity contribution in [2.75, 3.05) is 31.2 Å². The highest BCUT2D eigenvalue weighted by atomic mass is 35.5. The molecule has 2 aromatic rings. The largest absolute Gasteiger partial charge is 0.379 e. The van der Waals surface area contributed by atoms with Crippen LogP contribution in [0.1, 0.15) is 29.0 Å². The summed E-state index contributed by atoms with van der Waals surface area (Å²) in [6.45, 7) is 4.60. The minimum atomic E-state index is -0.637. The molecule has 1 atom stereocenters. The SMILES string of the molecule is Cc1nc(N2CCC3(CC2)COC[C@H]3N)nc(C(N)=O)c1-c1cccc(Cl)c1Cl. The highest BCUT2D eigenvalue weighted by Gasteiger charge is 2.44. The van der Waals surface area contributed by atoms with E-state index in [4.69, 9.17) is 39.4 Å². The van der Waals surface area contributed by atoms with Gasteiger partial charge in [0.1, 0.15) is 5.69 Å². The van der Waals surface area contributed by atoms with Gasteiger partial charge < -0.3 is 21.1 Å². The van der Waals surface area contributed by atoms with Gasteiger partial charge in [0, 0.05) is 35.7 Å². The Morgan fingerprint density at radius 2 is 2.00 bits per heavy atom. The van der Waals surface area contributed by atoms with E-state index in [2.05, 4.69) is 14.9 Å². The number of amides is 1. The zero-order valence-corrected chi connectivity index (χ0v) is 17.6. The topological polar surface area (TPSA) is 107 Å².